The minimum absolute atomic E-state index is 0.0466. The van der Waals surface area contributed by atoms with Crippen LogP contribution in [0.3, 0.4) is 0 Å². The van der Waals surface area contributed by atoms with Crippen LogP contribution in [-0.2, 0) is 18.5 Å². The number of benzene rings is 1. The maximum atomic E-state index is 13.8. The molecule has 2 rings (SSSR count). The Morgan fingerprint density at radius 2 is 1.95 bits per heavy atom. The van der Waals surface area contributed by atoms with Crippen LogP contribution in [0.4, 0.5) is 8.78 Å². The average Bonchev–Trinajstić information content (AvgIpc) is 2.73. The summed E-state index contributed by atoms with van der Waals surface area (Å²) in [5.74, 6) is -1.88. The van der Waals surface area contributed by atoms with Gasteiger partial charge in [-0.15, -0.1) is 0 Å². The predicted octanol–water partition coefficient (Wildman–Crippen LogP) is 4.62. The monoisotopic (exact) mass is 378 g/mol. The van der Waals surface area contributed by atoms with Gasteiger partial charge in [0, 0.05) is 11.9 Å². The fourth-order valence-corrected chi connectivity index (χ4v) is 2.49. The SMILES string of the molecule is CCn1nc(C)c(Cl)c1COc1c(F)cc(CBr)cc1F. The van der Waals surface area contributed by atoms with Gasteiger partial charge in [-0.2, -0.15) is 5.10 Å². The predicted molar refractivity (Wildman–Crippen MR) is 81.0 cm³/mol. The number of alkyl halides is 1. The highest BCUT2D eigenvalue weighted by Crippen LogP contribution is 2.27. The molecule has 0 unspecified atom stereocenters. The lowest BCUT2D eigenvalue weighted by Gasteiger charge is -2.11. The molecule has 0 bridgehead atoms. The third-order valence-corrected chi connectivity index (χ3v) is 4.16. The van der Waals surface area contributed by atoms with Crippen molar-refractivity contribution in [1.29, 1.82) is 0 Å². The lowest BCUT2D eigenvalue weighted by atomic mass is 10.2. The van der Waals surface area contributed by atoms with Crippen LogP contribution < -0.4 is 4.74 Å². The summed E-state index contributed by atoms with van der Waals surface area (Å²) in [4.78, 5) is 0. The highest BCUT2D eigenvalue weighted by molar-refractivity contribution is 9.08. The van der Waals surface area contributed by atoms with Gasteiger partial charge in [-0.3, -0.25) is 4.68 Å². The summed E-state index contributed by atoms with van der Waals surface area (Å²) in [6, 6.07) is 2.47. The second-order valence-electron chi connectivity index (χ2n) is 4.47. The normalized spacial score (nSPS) is 11.0. The smallest absolute Gasteiger partial charge is 0.191 e. The molecule has 3 nitrogen and oxygen atoms in total. The van der Waals surface area contributed by atoms with E-state index in [2.05, 4.69) is 21.0 Å². The van der Waals surface area contributed by atoms with E-state index >= 15 is 0 Å². The number of aromatic nitrogens is 2. The summed E-state index contributed by atoms with van der Waals surface area (Å²) < 4.78 is 34.6. The van der Waals surface area contributed by atoms with Crippen molar-refractivity contribution in [3.63, 3.8) is 0 Å². The quantitative estimate of drug-likeness (QED) is 0.709. The zero-order valence-corrected chi connectivity index (χ0v) is 13.9. The van der Waals surface area contributed by atoms with E-state index in [1.807, 2.05) is 6.92 Å². The Morgan fingerprint density at radius 1 is 1.33 bits per heavy atom. The first kappa shape index (κ1) is 16.2. The molecular weight excluding hydrogens is 366 g/mol. The summed E-state index contributed by atoms with van der Waals surface area (Å²) in [5.41, 5.74) is 1.76. The molecular formula is C14H14BrClF2N2O. The average molecular weight is 380 g/mol. The number of hydrogen-bond acceptors (Lipinski definition) is 2. The third-order valence-electron chi connectivity index (χ3n) is 3.02. The van der Waals surface area contributed by atoms with Crippen LogP contribution in [0, 0.1) is 18.6 Å². The Bertz CT molecular complexity index is 638. The van der Waals surface area contributed by atoms with E-state index in [1.165, 1.54) is 12.1 Å². The van der Waals surface area contributed by atoms with Crippen molar-refractivity contribution in [3.05, 3.63) is 45.7 Å². The van der Waals surface area contributed by atoms with Crippen LogP contribution >= 0.6 is 27.5 Å². The Balaban J connectivity index is 2.25. The van der Waals surface area contributed by atoms with Crippen LogP contribution in [-0.4, -0.2) is 9.78 Å². The van der Waals surface area contributed by atoms with Crippen LogP contribution in [0.2, 0.25) is 5.02 Å². The van der Waals surface area contributed by atoms with Crippen LogP contribution in [0.5, 0.6) is 5.75 Å². The highest BCUT2D eigenvalue weighted by atomic mass is 79.9. The maximum Gasteiger partial charge on any atom is 0.191 e. The molecule has 114 valence electrons. The molecule has 0 atom stereocenters. The Kier molecular flexibility index (Phi) is 5.22. The van der Waals surface area contributed by atoms with Gasteiger partial charge in [0.1, 0.15) is 6.61 Å². The van der Waals surface area contributed by atoms with Gasteiger partial charge in [0.05, 0.1) is 16.4 Å². The first-order chi connectivity index (χ1) is 9.97. The van der Waals surface area contributed by atoms with Crippen LogP contribution in [0.25, 0.3) is 0 Å². The molecule has 0 saturated heterocycles. The van der Waals surface area contributed by atoms with Crippen molar-refractivity contribution in [3.8, 4) is 5.75 Å². The molecule has 21 heavy (non-hydrogen) atoms. The Labute approximate surface area is 135 Å². The summed E-state index contributed by atoms with van der Waals surface area (Å²) in [6.45, 7) is 4.22. The first-order valence-electron chi connectivity index (χ1n) is 6.36. The molecule has 0 amide bonds. The molecule has 0 radical (unpaired) electrons. The van der Waals surface area contributed by atoms with Crippen molar-refractivity contribution in [2.75, 3.05) is 0 Å². The van der Waals surface area contributed by atoms with E-state index in [1.54, 1.807) is 11.6 Å². The zero-order chi connectivity index (χ0) is 15.6. The largest absolute Gasteiger partial charge is 0.481 e. The number of halogens is 4. The van der Waals surface area contributed by atoms with Gasteiger partial charge in [-0.05, 0) is 31.5 Å². The first-order valence-corrected chi connectivity index (χ1v) is 7.86. The summed E-state index contributed by atoms with van der Waals surface area (Å²) in [5, 5.41) is 5.05. The number of ether oxygens (including phenoxy) is 1. The minimum Gasteiger partial charge on any atom is -0.481 e. The summed E-state index contributed by atoms with van der Waals surface area (Å²) in [7, 11) is 0. The van der Waals surface area contributed by atoms with Gasteiger partial charge in [0.2, 0.25) is 0 Å². The molecule has 1 aromatic heterocycles. The second-order valence-corrected chi connectivity index (χ2v) is 5.41. The summed E-state index contributed by atoms with van der Waals surface area (Å²) in [6.07, 6.45) is 0. The molecule has 0 spiro atoms. The molecule has 0 fully saturated rings. The second kappa shape index (κ2) is 6.75. The zero-order valence-electron chi connectivity index (χ0n) is 11.6. The Hall–Kier alpha value is -1.14. The Morgan fingerprint density at radius 3 is 2.48 bits per heavy atom. The van der Waals surface area contributed by atoms with Crippen molar-refractivity contribution in [2.45, 2.75) is 32.3 Å². The molecule has 0 aliphatic rings. The minimum atomic E-state index is -0.736. The fourth-order valence-electron chi connectivity index (χ4n) is 1.97. The van der Waals surface area contributed by atoms with Crippen molar-refractivity contribution >= 4 is 27.5 Å². The van der Waals surface area contributed by atoms with Crippen LogP contribution in [0.15, 0.2) is 12.1 Å². The number of nitrogens with zero attached hydrogens (tertiary/aromatic N) is 2. The fraction of sp³-hybridized carbons (Fsp3) is 0.357. The number of rotatable bonds is 5. The lowest BCUT2D eigenvalue weighted by Crippen LogP contribution is -2.08. The van der Waals surface area contributed by atoms with Crippen LogP contribution in [0.1, 0.15) is 23.9 Å². The number of aryl methyl sites for hydroxylation is 2. The lowest BCUT2D eigenvalue weighted by molar-refractivity contribution is 0.263. The molecule has 0 saturated carbocycles. The van der Waals surface area contributed by atoms with Crippen molar-refractivity contribution < 1.29 is 13.5 Å². The van der Waals surface area contributed by atoms with Gasteiger partial charge in [0.15, 0.2) is 17.4 Å². The van der Waals surface area contributed by atoms with E-state index < -0.39 is 17.4 Å². The van der Waals surface area contributed by atoms with E-state index in [0.29, 0.717) is 33.8 Å². The molecule has 1 heterocycles. The summed E-state index contributed by atoms with van der Waals surface area (Å²) >= 11 is 9.28. The standard InChI is InChI=1S/C14H14BrClF2N2O/c1-3-20-12(13(16)8(2)19-20)7-21-14-10(17)4-9(6-15)5-11(14)18/h4-5H,3,6-7H2,1-2H3. The van der Waals surface area contributed by atoms with Crippen molar-refractivity contribution in [1.82, 2.24) is 9.78 Å². The third kappa shape index (κ3) is 3.37. The van der Waals surface area contributed by atoms with E-state index in [4.69, 9.17) is 16.3 Å². The van der Waals surface area contributed by atoms with E-state index in [0.717, 1.165) is 0 Å². The van der Waals surface area contributed by atoms with Gasteiger partial charge in [0.25, 0.3) is 0 Å². The molecule has 0 aliphatic carbocycles. The molecule has 1 aromatic carbocycles. The van der Waals surface area contributed by atoms with Gasteiger partial charge >= 0.3 is 0 Å². The molecule has 0 N–H and O–H groups in total. The molecule has 2 aromatic rings. The van der Waals surface area contributed by atoms with Crippen molar-refractivity contribution in [2.24, 2.45) is 0 Å². The maximum absolute atomic E-state index is 13.8. The van der Waals surface area contributed by atoms with Gasteiger partial charge < -0.3 is 4.74 Å². The van der Waals surface area contributed by atoms with E-state index in [-0.39, 0.29) is 6.61 Å². The molecule has 0 aliphatic heterocycles. The van der Waals surface area contributed by atoms with Gasteiger partial charge in [-0.25, -0.2) is 8.78 Å². The molecule has 7 heteroatoms. The highest BCUT2D eigenvalue weighted by Gasteiger charge is 2.17. The van der Waals surface area contributed by atoms with E-state index in [9.17, 15) is 8.78 Å². The van der Waals surface area contributed by atoms with Gasteiger partial charge in [-0.1, -0.05) is 27.5 Å². The number of hydrogen-bond donors (Lipinski definition) is 0. The topological polar surface area (TPSA) is 27.1 Å².